The van der Waals surface area contributed by atoms with Crippen LogP contribution in [0.25, 0.3) is 10.9 Å². The molecule has 172 valence electrons. The number of aliphatic imine (C=N–C) groups is 2. The molecule has 5 N–H and O–H groups in total. The van der Waals surface area contributed by atoms with Crippen LogP contribution in [0.1, 0.15) is 25.3 Å². The second kappa shape index (κ2) is 8.05. The monoisotopic (exact) mass is 478 g/mol. The smallest absolute Gasteiger partial charge is 0.220 e. The van der Waals surface area contributed by atoms with Gasteiger partial charge in [0.05, 0.1) is 16.8 Å². The van der Waals surface area contributed by atoms with Crippen molar-refractivity contribution in [2.45, 2.75) is 25.4 Å². The van der Waals surface area contributed by atoms with Crippen molar-refractivity contribution in [3.63, 3.8) is 0 Å². The van der Waals surface area contributed by atoms with E-state index in [-0.39, 0.29) is 17.8 Å². The Balaban J connectivity index is 1.79. The largest absolute Gasteiger partial charge is 0.370 e. The quantitative estimate of drug-likeness (QED) is 0.595. The van der Waals surface area contributed by atoms with Crippen LogP contribution in [0.2, 0.25) is 5.02 Å². The number of halogens is 1. The molecule has 2 aromatic rings. The fraction of sp³-hybridized carbons (Fsp3) is 0.450. The zero-order valence-electron chi connectivity index (χ0n) is 18.2. The van der Waals surface area contributed by atoms with Crippen molar-refractivity contribution >= 4 is 50.3 Å². The molecule has 4 rings (SSSR count). The Morgan fingerprint density at radius 2 is 1.91 bits per heavy atom. The zero-order chi connectivity index (χ0) is 23.3. The molecule has 0 bridgehead atoms. The second-order valence-corrected chi connectivity index (χ2v) is 10.7. The standard InChI is InChI=1S/C20H27ClN8O2S/c1-12(20(2)26-18(22)25-19(23)27-20)14-11-13-5-4-6-15(21)16(13)24-17(14)28-7-9-29(10-8-28)32(3,30)31/h4-6,11-12H,7-10H2,1-3H3,(H5,22,23,25,26,27). The summed E-state index contributed by atoms with van der Waals surface area (Å²) in [7, 11) is -3.24. The number of sulfonamides is 1. The number of nitrogens with one attached hydrogen (secondary N) is 1. The number of piperazine rings is 1. The van der Waals surface area contributed by atoms with E-state index in [1.165, 1.54) is 10.6 Å². The predicted molar refractivity (Wildman–Crippen MR) is 129 cm³/mol. The first-order valence-electron chi connectivity index (χ1n) is 10.2. The second-order valence-electron chi connectivity index (χ2n) is 8.32. The number of fused-ring (bicyclic) bond motifs is 1. The third kappa shape index (κ3) is 4.19. The number of pyridine rings is 1. The van der Waals surface area contributed by atoms with Gasteiger partial charge >= 0.3 is 0 Å². The first-order chi connectivity index (χ1) is 15.0. The van der Waals surface area contributed by atoms with Crippen molar-refractivity contribution in [2.75, 3.05) is 37.3 Å². The average Bonchev–Trinajstić information content (AvgIpc) is 2.71. The van der Waals surface area contributed by atoms with Crippen LogP contribution in [0.4, 0.5) is 5.82 Å². The third-order valence-corrected chi connectivity index (χ3v) is 7.69. The van der Waals surface area contributed by atoms with Crippen LogP contribution in [-0.2, 0) is 10.0 Å². The number of aromatic nitrogens is 1. The molecule has 2 aliphatic heterocycles. The molecule has 3 heterocycles. The number of nitrogens with two attached hydrogens (primary N) is 2. The van der Waals surface area contributed by atoms with Crippen molar-refractivity contribution < 1.29 is 8.42 Å². The van der Waals surface area contributed by atoms with Gasteiger partial charge in [-0.15, -0.1) is 0 Å². The lowest BCUT2D eigenvalue weighted by Crippen LogP contribution is -2.55. The number of guanidine groups is 2. The molecular formula is C20H27ClN8O2S. The molecule has 0 saturated carbocycles. The highest BCUT2D eigenvalue weighted by Crippen LogP contribution is 2.38. The molecule has 1 aromatic carbocycles. The molecule has 0 spiro atoms. The summed E-state index contributed by atoms with van der Waals surface area (Å²) in [6.07, 6.45) is 1.23. The molecule has 1 fully saturated rings. The molecule has 2 atom stereocenters. The maximum atomic E-state index is 12.0. The van der Waals surface area contributed by atoms with Gasteiger partial charge in [0, 0.05) is 43.0 Å². The number of nitrogens with zero attached hydrogens (tertiary/aromatic N) is 5. The summed E-state index contributed by atoms with van der Waals surface area (Å²) in [6, 6.07) is 7.70. The SMILES string of the molecule is CC(c1cc2cccc(Cl)c2nc1N1CCN(S(C)(=O)=O)CC1)C1(C)N=C(N)N=C(N)N1. The van der Waals surface area contributed by atoms with Crippen molar-refractivity contribution in [1.82, 2.24) is 14.6 Å². The van der Waals surface area contributed by atoms with E-state index >= 15 is 0 Å². The van der Waals surface area contributed by atoms with Gasteiger partial charge in [-0.3, -0.25) is 0 Å². The molecule has 32 heavy (non-hydrogen) atoms. The highest BCUT2D eigenvalue weighted by Gasteiger charge is 2.38. The van der Waals surface area contributed by atoms with Gasteiger partial charge in [-0.2, -0.15) is 9.30 Å². The minimum Gasteiger partial charge on any atom is -0.370 e. The molecule has 2 aliphatic rings. The minimum absolute atomic E-state index is 0.107. The van der Waals surface area contributed by atoms with E-state index in [1.807, 2.05) is 26.0 Å². The van der Waals surface area contributed by atoms with E-state index in [0.29, 0.717) is 36.7 Å². The lowest BCUT2D eigenvalue weighted by molar-refractivity contribution is 0.360. The van der Waals surface area contributed by atoms with Gasteiger partial charge in [-0.05, 0) is 19.1 Å². The third-order valence-electron chi connectivity index (χ3n) is 6.08. The van der Waals surface area contributed by atoms with Gasteiger partial charge in [0.25, 0.3) is 0 Å². The van der Waals surface area contributed by atoms with Crippen LogP contribution in [0.3, 0.4) is 0 Å². The number of para-hydroxylation sites is 1. The van der Waals surface area contributed by atoms with Gasteiger partial charge in [0.1, 0.15) is 11.5 Å². The summed E-state index contributed by atoms with van der Waals surface area (Å²) in [6.45, 7) is 5.71. The van der Waals surface area contributed by atoms with E-state index in [0.717, 1.165) is 16.8 Å². The number of hydrogen-bond donors (Lipinski definition) is 3. The Morgan fingerprint density at radius 1 is 1.22 bits per heavy atom. The van der Waals surface area contributed by atoms with Gasteiger partial charge in [-0.25, -0.2) is 18.4 Å². The van der Waals surface area contributed by atoms with Crippen LogP contribution < -0.4 is 21.7 Å². The molecular weight excluding hydrogens is 452 g/mol. The lowest BCUT2D eigenvalue weighted by Gasteiger charge is -2.39. The van der Waals surface area contributed by atoms with Gasteiger partial charge in [0.2, 0.25) is 16.0 Å². The van der Waals surface area contributed by atoms with Crippen molar-refractivity contribution in [1.29, 1.82) is 0 Å². The Labute approximate surface area is 192 Å². The van der Waals surface area contributed by atoms with Gasteiger partial charge in [-0.1, -0.05) is 30.7 Å². The first-order valence-corrected chi connectivity index (χ1v) is 12.5. The van der Waals surface area contributed by atoms with E-state index in [9.17, 15) is 8.42 Å². The summed E-state index contributed by atoms with van der Waals surface area (Å²) in [5.41, 5.74) is 12.6. The Morgan fingerprint density at radius 3 is 2.53 bits per heavy atom. The van der Waals surface area contributed by atoms with E-state index in [4.69, 9.17) is 28.1 Å². The van der Waals surface area contributed by atoms with Crippen molar-refractivity contribution in [3.8, 4) is 0 Å². The molecule has 0 radical (unpaired) electrons. The maximum absolute atomic E-state index is 12.0. The summed E-state index contributed by atoms with van der Waals surface area (Å²) >= 11 is 6.45. The van der Waals surface area contributed by atoms with E-state index in [2.05, 4.69) is 26.3 Å². The van der Waals surface area contributed by atoms with Crippen LogP contribution in [0.5, 0.6) is 0 Å². The van der Waals surface area contributed by atoms with Crippen LogP contribution in [0, 0.1) is 0 Å². The lowest BCUT2D eigenvalue weighted by atomic mass is 9.87. The van der Waals surface area contributed by atoms with Crippen LogP contribution >= 0.6 is 11.6 Å². The Hall–Kier alpha value is -2.63. The van der Waals surface area contributed by atoms with E-state index in [1.54, 1.807) is 6.07 Å². The number of anilines is 1. The molecule has 1 aromatic heterocycles. The number of rotatable bonds is 4. The van der Waals surface area contributed by atoms with Gasteiger partial charge in [0.15, 0.2) is 5.96 Å². The molecule has 2 unspecified atom stereocenters. The molecule has 1 saturated heterocycles. The molecule has 0 amide bonds. The normalized spacial score (nSPS) is 23.4. The highest BCUT2D eigenvalue weighted by atomic mass is 35.5. The minimum atomic E-state index is -3.24. The summed E-state index contributed by atoms with van der Waals surface area (Å²) in [5.74, 6) is 0.848. The fourth-order valence-electron chi connectivity index (χ4n) is 4.18. The number of hydrogen-bond acceptors (Lipinski definition) is 9. The van der Waals surface area contributed by atoms with Gasteiger partial charge < -0.3 is 21.7 Å². The average molecular weight is 479 g/mol. The number of benzene rings is 1. The summed E-state index contributed by atoms with van der Waals surface area (Å²) in [4.78, 5) is 15.5. The Bertz CT molecular complexity index is 1220. The topological polar surface area (TPSA) is 142 Å². The maximum Gasteiger partial charge on any atom is 0.220 e. The summed E-state index contributed by atoms with van der Waals surface area (Å²) in [5, 5.41) is 4.59. The van der Waals surface area contributed by atoms with Crippen molar-refractivity contribution in [2.24, 2.45) is 21.5 Å². The fourth-order valence-corrected chi connectivity index (χ4v) is 5.23. The van der Waals surface area contributed by atoms with Crippen molar-refractivity contribution in [3.05, 3.63) is 34.9 Å². The van der Waals surface area contributed by atoms with Crippen LogP contribution in [-0.4, -0.2) is 67.7 Å². The Kier molecular flexibility index (Phi) is 5.68. The molecule has 0 aliphatic carbocycles. The zero-order valence-corrected chi connectivity index (χ0v) is 19.8. The van der Waals surface area contributed by atoms with Crippen LogP contribution in [0.15, 0.2) is 34.3 Å². The molecule has 12 heteroatoms. The predicted octanol–water partition coefficient (Wildman–Crippen LogP) is 1.02. The highest BCUT2D eigenvalue weighted by molar-refractivity contribution is 7.88. The molecule has 10 nitrogen and oxygen atoms in total. The summed E-state index contributed by atoms with van der Waals surface area (Å²) < 4.78 is 25.4. The van der Waals surface area contributed by atoms with E-state index < -0.39 is 15.7 Å². The first kappa shape index (κ1) is 22.6.